The fourth-order valence-corrected chi connectivity index (χ4v) is 9.42. The van der Waals surface area contributed by atoms with Crippen LogP contribution in [0.25, 0.3) is 0 Å². The zero-order valence-electron chi connectivity index (χ0n) is 20.6. The highest BCUT2D eigenvalue weighted by Crippen LogP contribution is 2.51. The van der Waals surface area contributed by atoms with Gasteiger partial charge in [-0.1, -0.05) is 25.8 Å². The fraction of sp³-hybridized carbons (Fsp3) is 0.769. The molecule has 2 atom stereocenters. The summed E-state index contributed by atoms with van der Waals surface area (Å²) in [7, 11) is 1.42. The number of likely N-dealkylation sites (tertiary alicyclic amines) is 1. The molecule has 5 rings (SSSR count). The summed E-state index contributed by atoms with van der Waals surface area (Å²) in [6.07, 6.45) is 8.86. The van der Waals surface area contributed by atoms with E-state index in [1.165, 1.54) is 11.1 Å². The van der Waals surface area contributed by atoms with Crippen molar-refractivity contribution in [3.63, 3.8) is 0 Å². The molecule has 3 fully saturated rings. The Bertz CT molecular complexity index is 984. The normalized spacial score (nSPS) is 32.4. The number of hydrogen-bond acceptors (Lipinski definition) is 5. The molecule has 1 N–H and O–H groups in total. The second-order valence-corrected chi connectivity index (χ2v) is 13.8. The minimum Gasteiger partial charge on any atom is -0.508 e. The highest BCUT2D eigenvalue weighted by Gasteiger charge is 2.53. The van der Waals surface area contributed by atoms with Crippen LogP contribution in [0.15, 0.2) is 18.2 Å². The largest absolute Gasteiger partial charge is 0.508 e. The van der Waals surface area contributed by atoms with Gasteiger partial charge in [0, 0.05) is 32.6 Å². The smallest absolute Gasteiger partial charge is 0.216 e. The third-order valence-electron chi connectivity index (χ3n) is 9.50. The van der Waals surface area contributed by atoms with Gasteiger partial charge in [-0.2, -0.15) is 0 Å². The molecule has 2 unspecified atom stereocenters. The van der Waals surface area contributed by atoms with E-state index >= 15 is 0 Å². The molecule has 2 saturated heterocycles. The predicted octanol–water partition coefficient (Wildman–Crippen LogP) is 3.54. The number of phenols is 1. The number of nitrogens with zero attached hydrogens (tertiary/aromatic N) is 3. The van der Waals surface area contributed by atoms with E-state index in [0.29, 0.717) is 24.8 Å². The van der Waals surface area contributed by atoms with Crippen molar-refractivity contribution >= 4 is 10.0 Å². The molecular weight excluding hydrogens is 434 g/mol. The lowest BCUT2D eigenvalue weighted by atomic mass is 9.62. The van der Waals surface area contributed by atoms with E-state index in [4.69, 9.17) is 0 Å². The summed E-state index contributed by atoms with van der Waals surface area (Å²) in [4.78, 5) is 5.12. The maximum absolute atomic E-state index is 13.0. The molecule has 6 nitrogen and oxygen atoms in total. The van der Waals surface area contributed by atoms with Crippen LogP contribution in [0.4, 0.5) is 0 Å². The topological polar surface area (TPSA) is 64.1 Å². The van der Waals surface area contributed by atoms with Crippen molar-refractivity contribution in [3.8, 4) is 5.75 Å². The van der Waals surface area contributed by atoms with Gasteiger partial charge in [0.05, 0.1) is 10.9 Å². The van der Waals surface area contributed by atoms with Gasteiger partial charge in [-0.15, -0.1) is 0 Å². The Morgan fingerprint density at radius 1 is 1.12 bits per heavy atom. The van der Waals surface area contributed by atoms with E-state index in [0.717, 1.165) is 70.9 Å². The maximum Gasteiger partial charge on any atom is 0.216 e. The summed E-state index contributed by atoms with van der Waals surface area (Å²) >= 11 is 0. The molecule has 7 heteroatoms. The number of sulfonamides is 1. The van der Waals surface area contributed by atoms with E-state index < -0.39 is 10.0 Å². The second kappa shape index (κ2) is 8.51. The van der Waals surface area contributed by atoms with Gasteiger partial charge >= 0.3 is 0 Å². The van der Waals surface area contributed by atoms with E-state index in [-0.39, 0.29) is 16.3 Å². The van der Waals surface area contributed by atoms with E-state index in [9.17, 15) is 13.5 Å². The Labute approximate surface area is 200 Å². The third-order valence-corrected chi connectivity index (χ3v) is 11.9. The highest BCUT2D eigenvalue weighted by molar-refractivity contribution is 7.89. The molecule has 2 aliphatic carbocycles. The monoisotopic (exact) mass is 475 g/mol. The van der Waals surface area contributed by atoms with Gasteiger partial charge in [-0.3, -0.25) is 9.80 Å². The van der Waals surface area contributed by atoms with Crippen LogP contribution in [0.5, 0.6) is 5.75 Å². The Kier molecular flexibility index (Phi) is 6.08. The van der Waals surface area contributed by atoms with Crippen LogP contribution in [0.3, 0.4) is 0 Å². The molecule has 184 valence electrons. The minimum absolute atomic E-state index is 0.0238. The summed E-state index contributed by atoms with van der Waals surface area (Å²) < 4.78 is 27.8. The van der Waals surface area contributed by atoms with E-state index in [1.54, 1.807) is 4.31 Å². The van der Waals surface area contributed by atoms with Crippen molar-refractivity contribution in [2.75, 3.05) is 40.3 Å². The average molecular weight is 476 g/mol. The first kappa shape index (κ1) is 23.6. The Morgan fingerprint density at radius 3 is 2.52 bits per heavy atom. The van der Waals surface area contributed by atoms with Gasteiger partial charge in [0.1, 0.15) is 5.75 Å². The van der Waals surface area contributed by atoms with E-state index in [1.807, 2.05) is 12.1 Å². The number of benzene rings is 1. The lowest BCUT2D eigenvalue weighted by Gasteiger charge is -2.60. The van der Waals surface area contributed by atoms with Crippen molar-refractivity contribution in [1.82, 2.24) is 14.1 Å². The standard InChI is InChI=1S/C26H41N3O3S/c1-25-12-15-27(2)26(19-25,17-21-8-9-22(30)16-24(21)25)28(3)18-20-10-13-29(14-11-20)33(31,32)23-6-4-5-7-23/h8-9,16,20,23,30H,4-7,10-15,17-19H2,1-3H3. The fourth-order valence-electron chi connectivity index (χ4n) is 7.35. The first-order valence-electron chi connectivity index (χ1n) is 12.9. The zero-order valence-corrected chi connectivity index (χ0v) is 21.4. The summed E-state index contributed by atoms with van der Waals surface area (Å²) in [5.74, 6) is 0.899. The first-order valence-corrected chi connectivity index (χ1v) is 14.4. The SMILES string of the molecule is CN1CCC2(C)CC1(N(C)CC1CCN(S(=O)(=O)C3CCCC3)CC1)Cc1ccc(O)cc12. The number of likely N-dealkylation sites (N-methyl/N-ethyl adjacent to an activating group) is 2. The van der Waals surface area contributed by atoms with Gasteiger partial charge in [-0.25, -0.2) is 12.7 Å². The van der Waals surface area contributed by atoms with Gasteiger partial charge in [0.25, 0.3) is 0 Å². The van der Waals surface area contributed by atoms with Crippen molar-refractivity contribution in [2.45, 2.75) is 81.0 Å². The Hall–Kier alpha value is -1.15. The number of phenolic OH excluding ortho intramolecular Hbond substituents is 1. The predicted molar refractivity (Wildman–Crippen MR) is 132 cm³/mol. The summed E-state index contributed by atoms with van der Waals surface area (Å²) in [6, 6.07) is 5.94. The first-order chi connectivity index (χ1) is 15.6. The number of piperidine rings is 2. The van der Waals surface area contributed by atoms with Crippen LogP contribution in [0.2, 0.25) is 0 Å². The Balaban J connectivity index is 1.29. The second-order valence-electron chi connectivity index (χ2n) is 11.6. The maximum atomic E-state index is 13.0. The van der Waals surface area contributed by atoms with Crippen LogP contribution < -0.4 is 0 Å². The van der Waals surface area contributed by atoms with Gasteiger partial charge in [0.2, 0.25) is 10.0 Å². The number of hydrogen-bond donors (Lipinski definition) is 1. The number of fused-ring (bicyclic) bond motifs is 4. The lowest BCUT2D eigenvalue weighted by Crippen LogP contribution is -2.68. The molecule has 1 aromatic rings. The molecule has 0 amide bonds. The molecular formula is C26H41N3O3S. The minimum atomic E-state index is -3.11. The molecule has 4 aliphatic rings. The van der Waals surface area contributed by atoms with Crippen LogP contribution in [0, 0.1) is 5.92 Å². The summed E-state index contributed by atoms with van der Waals surface area (Å²) in [6.45, 7) is 5.78. The molecule has 1 saturated carbocycles. The van der Waals surface area contributed by atoms with Gasteiger partial charge in [0.15, 0.2) is 0 Å². The van der Waals surface area contributed by atoms with Crippen molar-refractivity contribution in [3.05, 3.63) is 29.3 Å². The summed E-state index contributed by atoms with van der Waals surface area (Å²) in [5.41, 5.74) is 2.73. The van der Waals surface area contributed by atoms with E-state index in [2.05, 4.69) is 36.9 Å². The zero-order chi connectivity index (χ0) is 23.4. The third kappa shape index (κ3) is 4.03. The molecule has 2 aliphatic heterocycles. The van der Waals surface area contributed by atoms with Gasteiger partial charge < -0.3 is 5.11 Å². The highest BCUT2D eigenvalue weighted by atomic mass is 32.2. The van der Waals surface area contributed by atoms with Crippen molar-refractivity contribution < 1.29 is 13.5 Å². The van der Waals surface area contributed by atoms with Crippen LogP contribution in [-0.2, 0) is 21.9 Å². The van der Waals surface area contributed by atoms with Crippen LogP contribution in [-0.4, -0.2) is 78.8 Å². The number of rotatable bonds is 5. The van der Waals surface area contributed by atoms with Crippen LogP contribution >= 0.6 is 0 Å². The van der Waals surface area contributed by atoms with Gasteiger partial charge in [-0.05, 0) is 87.2 Å². The van der Waals surface area contributed by atoms with Crippen molar-refractivity contribution in [1.29, 1.82) is 0 Å². The average Bonchev–Trinajstić information content (AvgIpc) is 3.34. The molecule has 0 aromatic heterocycles. The lowest BCUT2D eigenvalue weighted by molar-refractivity contribution is -0.0951. The molecule has 0 spiro atoms. The molecule has 1 aromatic carbocycles. The molecule has 2 bridgehead atoms. The molecule has 2 heterocycles. The quantitative estimate of drug-likeness (QED) is 0.706. The number of aromatic hydroxyl groups is 1. The van der Waals surface area contributed by atoms with Crippen molar-refractivity contribution in [2.24, 2.45) is 5.92 Å². The molecule has 0 radical (unpaired) electrons. The summed E-state index contributed by atoms with van der Waals surface area (Å²) in [5, 5.41) is 9.99. The Morgan fingerprint density at radius 2 is 1.82 bits per heavy atom. The van der Waals surface area contributed by atoms with Crippen LogP contribution in [0.1, 0.15) is 69.4 Å². The molecule has 33 heavy (non-hydrogen) atoms.